The zero-order valence-electron chi connectivity index (χ0n) is 15.6. The summed E-state index contributed by atoms with van der Waals surface area (Å²) in [4.78, 5) is 6.70. The third-order valence-electron chi connectivity index (χ3n) is 5.09. The Hall–Kier alpha value is -1.49. The van der Waals surface area contributed by atoms with Crippen LogP contribution in [0.2, 0.25) is 0 Å². The summed E-state index contributed by atoms with van der Waals surface area (Å²) in [5.74, 6) is 1.21. The van der Waals surface area contributed by atoms with E-state index in [2.05, 4.69) is 16.5 Å². The van der Waals surface area contributed by atoms with Crippen LogP contribution in [-0.2, 0) is 33.0 Å². The van der Waals surface area contributed by atoms with E-state index in [-0.39, 0.29) is 22.4 Å². The summed E-state index contributed by atoms with van der Waals surface area (Å²) in [6, 6.07) is 4.71. The Balaban J connectivity index is 1.95. The van der Waals surface area contributed by atoms with Gasteiger partial charge in [0.15, 0.2) is 9.84 Å². The van der Waals surface area contributed by atoms with Crippen molar-refractivity contribution in [2.75, 3.05) is 18.6 Å². The Kier molecular flexibility index (Phi) is 5.62. The highest BCUT2D eigenvalue weighted by atomic mass is 32.2. The second kappa shape index (κ2) is 7.50. The normalized spacial score (nSPS) is 19.9. The number of hydrogen-bond acceptors (Lipinski definition) is 6. The van der Waals surface area contributed by atoms with Gasteiger partial charge in [-0.25, -0.2) is 27.0 Å². The first-order valence-electron chi connectivity index (χ1n) is 9.03. The molecule has 1 aromatic heterocycles. The number of nitrogens with zero attached hydrogens (tertiary/aromatic N) is 3. The summed E-state index contributed by atoms with van der Waals surface area (Å²) in [6.45, 7) is 3.38. The van der Waals surface area contributed by atoms with Crippen molar-refractivity contribution in [2.24, 2.45) is 5.14 Å². The molecule has 10 heteroatoms. The Morgan fingerprint density at radius 1 is 1.37 bits per heavy atom. The van der Waals surface area contributed by atoms with Gasteiger partial charge in [0.1, 0.15) is 5.82 Å². The predicted molar refractivity (Wildman–Crippen MR) is 105 cm³/mol. The molecule has 1 aliphatic heterocycles. The van der Waals surface area contributed by atoms with Crippen LogP contribution >= 0.6 is 0 Å². The van der Waals surface area contributed by atoms with Crippen LogP contribution in [-0.4, -0.2) is 55.9 Å². The van der Waals surface area contributed by atoms with Crippen LogP contribution in [0.5, 0.6) is 0 Å². The van der Waals surface area contributed by atoms with Crippen LogP contribution in [0.4, 0.5) is 0 Å². The zero-order valence-corrected chi connectivity index (χ0v) is 17.3. The molecule has 0 unspecified atom stereocenters. The van der Waals surface area contributed by atoms with Crippen molar-refractivity contribution in [3.05, 3.63) is 24.0 Å². The molecule has 1 saturated heterocycles. The number of unbranched alkanes of at least 4 members (excludes halogenated alkanes) is 1. The molecule has 0 spiro atoms. The monoisotopic (exact) mass is 414 g/mol. The van der Waals surface area contributed by atoms with Crippen LogP contribution < -0.4 is 5.14 Å². The standard InChI is InChI=1S/C17H26N4O4S2/c1-3-4-8-21-16-6-5-14(27(18,24)25)10-15(16)19-17(21)11-20(2)13-7-9-26(22,23)12-13/h5-6,10,13H,3-4,7-9,11-12H2,1-2H3,(H2,18,24,25)/t13-/m1/s1. The largest absolute Gasteiger partial charge is 0.327 e. The van der Waals surface area contributed by atoms with Crippen LogP contribution in [0.25, 0.3) is 11.0 Å². The molecule has 2 heterocycles. The highest BCUT2D eigenvalue weighted by Gasteiger charge is 2.31. The minimum atomic E-state index is -3.79. The summed E-state index contributed by atoms with van der Waals surface area (Å²) in [5.41, 5.74) is 1.44. The quantitative estimate of drug-likeness (QED) is 0.725. The van der Waals surface area contributed by atoms with Crippen molar-refractivity contribution in [1.29, 1.82) is 0 Å². The second-order valence-electron chi connectivity index (χ2n) is 7.20. The topological polar surface area (TPSA) is 115 Å². The molecule has 0 radical (unpaired) electrons. The summed E-state index contributed by atoms with van der Waals surface area (Å²) < 4.78 is 48.9. The van der Waals surface area contributed by atoms with E-state index in [9.17, 15) is 16.8 Å². The summed E-state index contributed by atoms with van der Waals surface area (Å²) in [6.07, 6.45) is 2.62. The van der Waals surface area contributed by atoms with Gasteiger partial charge in [0.2, 0.25) is 10.0 Å². The molecule has 0 saturated carbocycles. The third kappa shape index (κ3) is 4.50. The maximum Gasteiger partial charge on any atom is 0.238 e. The third-order valence-corrected chi connectivity index (χ3v) is 7.75. The zero-order chi connectivity index (χ0) is 19.8. The number of rotatable bonds is 7. The molecule has 0 bridgehead atoms. The SMILES string of the molecule is CCCCn1c(CN(C)[C@@H]2CCS(=O)(=O)C2)nc2cc(S(N)(=O)=O)ccc21. The fraction of sp³-hybridized carbons (Fsp3) is 0.588. The van der Waals surface area contributed by atoms with E-state index < -0.39 is 19.9 Å². The number of imidazole rings is 1. The van der Waals surface area contributed by atoms with Crippen molar-refractivity contribution in [3.63, 3.8) is 0 Å². The van der Waals surface area contributed by atoms with Gasteiger partial charge in [-0.2, -0.15) is 0 Å². The number of sulfone groups is 1. The van der Waals surface area contributed by atoms with E-state index in [1.807, 2.05) is 11.9 Å². The molecule has 0 aliphatic carbocycles. The Morgan fingerprint density at radius 3 is 2.70 bits per heavy atom. The van der Waals surface area contributed by atoms with Gasteiger partial charge in [0.05, 0.1) is 34.0 Å². The minimum Gasteiger partial charge on any atom is -0.327 e. The van der Waals surface area contributed by atoms with Gasteiger partial charge in [-0.1, -0.05) is 13.3 Å². The fourth-order valence-corrected chi connectivity index (χ4v) is 5.84. The van der Waals surface area contributed by atoms with Crippen LogP contribution in [0.3, 0.4) is 0 Å². The highest BCUT2D eigenvalue weighted by molar-refractivity contribution is 7.91. The lowest BCUT2D eigenvalue weighted by molar-refractivity contribution is 0.244. The van der Waals surface area contributed by atoms with Crippen molar-refractivity contribution in [3.8, 4) is 0 Å². The summed E-state index contributed by atoms with van der Waals surface area (Å²) in [5, 5.41) is 5.23. The number of aromatic nitrogens is 2. The molecular weight excluding hydrogens is 388 g/mol. The lowest BCUT2D eigenvalue weighted by Gasteiger charge is -2.23. The van der Waals surface area contributed by atoms with E-state index in [0.29, 0.717) is 18.5 Å². The molecule has 0 amide bonds. The van der Waals surface area contributed by atoms with E-state index in [1.165, 1.54) is 12.1 Å². The molecule has 2 N–H and O–H groups in total. The Bertz CT molecular complexity index is 1040. The molecule has 2 aromatic rings. The molecule has 3 rings (SSSR count). The number of hydrogen-bond donors (Lipinski definition) is 1. The first-order valence-corrected chi connectivity index (χ1v) is 12.4. The van der Waals surface area contributed by atoms with E-state index in [4.69, 9.17) is 5.14 Å². The lowest BCUT2D eigenvalue weighted by Crippen LogP contribution is -2.33. The molecule has 150 valence electrons. The lowest BCUT2D eigenvalue weighted by atomic mass is 10.2. The highest BCUT2D eigenvalue weighted by Crippen LogP contribution is 2.23. The van der Waals surface area contributed by atoms with E-state index in [1.54, 1.807) is 6.07 Å². The molecule has 1 fully saturated rings. The smallest absolute Gasteiger partial charge is 0.238 e. The number of nitrogens with two attached hydrogens (primary N) is 1. The average molecular weight is 415 g/mol. The Morgan fingerprint density at radius 2 is 2.11 bits per heavy atom. The minimum absolute atomic E-state index is 0.0191. The van der Waals surface area contributed by atoms with Crippen molar-refractivity contribution >= 4 is 30.9 Å². The first kappa shape index (κ1) is 20.2. The van der Waals surface area contributed by atoms with Gasteiger partial charge in [-0.05, 0) is 38.1 Å². The number of benzene rings is 1. The van der Waals surface area contributed by atoms with Crippen LogP contribution in [0, 0.1) is 0 Å². The molecule has 27 heavy (non-hydrogen) atoms. The van der Waals surface area contributed by atoms with Gasteiger partial charge < -0.3 is 4.57 Å². The molecule has 1 aromatic carbocycles. The Labute approximate surface area is 160 Å². The maximum atomic E-state index is 11.8. The van der Waals surface area contributed by atoms with Crippen molar-refractivity contribution in [2.45, 2.75) is 50.2 Å². The van der Waals surface area contributed by atoms with Crippen molar-refractivity contribution < 1.29 is 16.8 Å². The van der Waals surface area contributed by atoms with Gasteiger partial charge in [0.25, 0.3) is 0 Å². The second-order valence-corrected chi connectivity index (χ2v) is 11.0. The van der Waals surface area contributed by atoms with Gasteiger partial charge in [-0.15, -0.1) is 0 Å². The summed E-state index contributed by atoms with van der Waals surface area (Å²) >= 11 is 0. The number of sulfonamides is 1. The average Bonchev–Trinajstić information content (AvgIpc) is 3.11. The van der Waals surface area contributed by atoms with E-state index in [0.717, 1.165) is 30.7 Å². The van der Waals surface area contributed by atoms with Gasteiger partial charge >= 0.3 is 0 Å². The van der Waals surface area contributed by atoms with Gasteiger partial charge in [-0.3, -0.25) is 4.90 Å². The number of aryl methyl sites for hydroxylation is 1. The van der Waals surface area contributed by atoms with Crippen LogP contribution in [0.1, 0.15) is 32.0 Å². The molecule has 8 nitrogen and oxygen atoms in total. The number of fused-ring (bicyclic) bond motifs is 1. The molecular formula is C17H26N4O4S2. The van der Waals surface area contributed by atoms with Crippen LogP contribution in [0.15, 0.2) is 23.1 Å². The fourth-order valence-electron chi connectivity index (χ4n) is 3.50. The summed E-state index contributed by atoms with van der Waals surface area (Å²) in [7, 11) is -4.84. The maximum absolute atomic E-state index is 11.8. The molecule has 1 atom stereocenters. The van der Waals surface area contributed by atoms with Gasteiger partial charge in [0, 0.05) is 12.6 Å². The predicted octanol–water partition coefficient (Wildman–Crippen LogP) is 1.10. The van der Waals surface area contributed by atoms with E-state index >= 15 is 0 Å². The first-order chi connectivity index (χ1) is 12.6. The molecule has 1 aliphatic rings. The number of primary sulfonamides is 1. The van der Waals surface area contributed by atoms with Crippen molar-refractivity contribution in [1.82, 2.24) is 14.5 Å².